The van der Waals surface area contributed by atoms with Gasteiger partial charge in [-0.1, -0.05) is 30.3 Å². The van der Waals surface area contributed by atoms with E-state index in [2.05, 4.69) is 15.6 Å². The zero-order chi connectivity index (χ0) is 26.4. The van der Waals surface area contributed by atoms with Crippen molar-refractivity contribution in [1.29, 1.82) is 5.41 Å². The maximum absolute atomic E-state index is 13.7. The molecule has 0 radical (unpaired) electrons. The molecule has 0 saturated carbocycles. The van der Waals surface area contributed by atoms with E-state index in [9.17, 15) is 18.0 Å². The Balaban J connectivity index is 1.37. The third-order valence-electron chi connectivity index (χ3n) is 6.34. The van der Waals surface area contributed by atoms with Gasteiger partial charge in [-0.2, -0.15) is 13.2 Å². The third kappa shape index (κ3) is 6.93. The molecular weight excluding hydrogens is 481 g/mol. The minimum absolute atomic E-state index is 0.130. The number of alkyl halides is 3. The van der Waals surface area contributed by atoms with Crippen LogP contribution < -0.4 is 16.4 Å². The monoisotopic (exact) mass is 510 g/mol. The number of pyridine rings is 1. The average Bonchev–Trinajstić information content (AvgIpc) is 2.89. The number of carbonyl (C=O) groups excluding carboxylic acids is 1. The average molecular weight is 511 g/mol. The van der Waals surface area contributed by atoms with Gasteiger partial charge in [0.15, 0.2) is 0 Å². The van der Waals surface area contributed by atoms with Crippen molar-refractivity contribution in [2.75, 3.05) is 37.2 Å². The maximum atomic E-state index is 13.7. The Morgan fingerprint density at radius 2 is 1.84 bits per heavy atom. The van der Waals surface area contributed by atoms with Crippen molar-refractivity contribution >= 4 is 23.6 Å². The largest absolute Gasteiger partial charge is 0.416 e. The van der Waals surface area contributed by atoms with Crippen LogP contribution in [0.1, 0.15) is 28.7 Å². The van der Waals surface area contributed by atoms with Crippen LogP contribution >= 0.6 is 0 Å². The molecule has 0 atom stereocenters. The van der Waals surface area contributed by atoms with Crippen molar-refractivity contribution in [3.8, 4) is 11.1 Å². The van der Waals surface area contributed by atoms with Gasteiger partial charge in [0.2, 0.25) is 5.91 Å². The van der Waals surface area contributed by atoms with Crippen LogP contribution in [0.15, 0.2) is 54.7 Å². The number of nitrogens with zero attached hydrogens (tertiary/aromatic N) is 2. The quantitative estimate of drug-likeness (QED) is 0.338. The number of hydrogen-bond donors (Lipinski definition) is 4. The number of carbonyl (C=O) groups is 1. The maximum Gasteiger partial charge on any atom is 0.416 e. The Bertz CT molecular complexity index is 1250. The van der Waals surface area contributed by atoms with E-state index in [1.54, 1.807) is 12.3 Å². The third-order valence-corrected chi connectivity index (χ3v) is 6.34. The first-order chi connectivity index (χ1) is 17.7. The molecule has 0 aliphatic carbocycles. The SMILES string of the molecule is N=Cc1cc(-c2ccc(CCC(=O)Nc3ccc(CN4CCNCC4)c(C(F)(F)F)c3)cc2)cnc1N. The van der Waals surface area contributed by atoms with Gasteiger partial charge < -0.3 is 21.8 Å². The van der Waals surface area contributed by atoms with Crippen LogP contribution in [0.25, 0.3) is 11.1 Å². The molecule has 0 bridgehead atoms. The zero-order valence-corrected chi connectivity index (χ0v) is 20.2. The van der Waals surface area contributed by atoms with Crippen LogP contribution in [0.3, 0.4) is 0 Å². The van der Waals surface area contributed by atoms with Gasteiger partial charge in [0.05, 0.1) is 5.56 Å². The van der Waals surface area contributed by atoms with E-state index in [-0.39, 0.29) is 35.9 Å². The summed E-state index contributed by atoms with van der Waals surface area (Å²) in [6.45, 7) is 3.11. The van der Waals surface area contributed by atoms with Gasteiger partial charge in [0, 0.05) is 68.4 Å². The highest BCUT2D eigenvalue weighted by molar-refractivity contribution is 5.91. The molecular formula is C27H29F3N6O. The fourth-order valence-electron chi connectivity index (χ4n) is 4.28. The van der Waals surface area contributed by atoms with Crippen LogP contribution in [0.5, 0.6) is 0 Å². The Morgan fingerprint density at radius 3 is 2.51 bits per heavy atom. The van der Waals surface area contributed by atoms with Crippen LogP contribution in [-0.2, 0) is 23.9 Å². The second-order valence-corrected chi connectivity index (χ2v) is 8.98. The molecule has 4 rings (SSSR count). The number of benzene rings is 2. The minimum atomic E-state index is -4.51. The summed E-state index contributed by atoms with van der Waals surface area (Å²) in [6, 6.07) is 13.3. The van der Waals surface area contributed by atoms with E-state index in [1.165, 1.54) is 12.1 Å². The smallest absolute Gasteiger partial charge is 0.383 e. The lowest BCUT2D eigenvalue weighted by Crippen LogP contribution is -2.43. The van der Waals surface area contributed by atoms with Crippen LogP contribution in [0.2, 0.25) is 0 Å². The molecule has 1 aliphatic rings. The first kappa shape index (κ1) is 26.3. The molecule has 2 heterocycles. The first-order valence-electron chi connectivity index (χ1n) is 12.0. The summed E-state index contributed by atoms with van der Waals surface area (Å²) in [5, 5.41) is 13.2. The molecule has 37 heavy (non-hydrogen) atoms. The number of amides is 1. The van der Waals surface area contributed by atoms with Gasteiger partial charge in [-0.05, 0) is 41.3 Å². The van der Waals surface area contributed by atoms with Crippen LogP contribution in [-0.4, -0.2) is 48.2 Å². The van der Waals surface area contributed by atoms with Gasteiger partial charge in [-0.15, -0.1) is 0 Å². The van der Waals surface area contributed by atoms with E-state index in [0.29, 0.717) is 25.1 Å². The molecule has 10 heteroatoms. The lowest BCUT2D eigenvalue weighted by Gasteiger charge is -2.28. The highest BCUT2D eigenvalue weighted by Gasteiger charge is 2.34. The first-order valence-corrected chi connectivity index (χ1v) is 12.0. The molecule has 1 aromatic heterocycles. The molecule has 1 aliphatic heterocycles. The lowest BCUT2D eigenvalue weighted by atomic mass is 10.0. The number of rotatable bonds is 8. The van der Waals surface area contributed by atoms with Crippen molar-refractivity contribution in [1.82, 2.24) is 15.2 Å². The van der Waals surface area contributed by atoms with Crippen molar-refractivity contribution in [3.05, 3.63) is 77.0 Å². The standard InChI is InChI=1S/C27H29F3N6O/c28-27(29,30)24-14-23(7-6-20(24)17-36-11-9-33-10-12-36)35-25(37)8-3-18-1-4-19(5-2-18)22-13-21(15-31)26(32)34-16-22/h1-2,4-7,13-16,31,33H,3,8-12,17H2,(H2,32,34)(H,35,37). The molecule has 1 fully saturated rings. The predicted molar refractivity (Wildman–Crippen MR) is 139 cm³/mol. The molecule has 7 nitrogen and oxygen atoms in total. The van der Waals surface area contributed by atoms with Crippen molar-refractivity contribution in [2.24, 2.45) is 0 Å². The van der Waals surface area contributed by atoms with E-state index >= 15 is 0 Å². The molecule has 1 saturated heterocycles. The van der Waals surface area contributed by atoms with Gasteiger partial charge in [-0.25, -0.2) is 4.98 Å². The minimum Gasteiger partial charge on any atom is -0.383 e. The number of nitrogens with two attached hydrogens (primary N) is 1. The molecule has 194 valence electrons. The molecule has 1 amide bonds. The second kappa shape index (κ2) is 11.5. The summed E-state index contributed by atoms with van der Waals surface area (Å²) in [7, 11) is 0. The topological polar surface area (TPSA) is 107 Å². The van der Waals surface area contributed by atoms with E-state index < -0.39 is 11.7 Å². The van der Waals surface area contributed by atoms with Crippen molar-refractivity contribution < 1.29 is 18.0 Å². The van der Waals surface area contributed by atoms with Gasteiger partial charge in [-0.3, -0.25) is 9.69 Å². The number of halogens is 3. The van der Waals surface area contributed by atoms with Crippen molar-refractivity contribution in [2.45, 2.75) is 25.6 Å². The number of anilines is 2. The summed E-state index contributed by atoms with van der Waals surface area (Å²) in [6.07, 6.45) is -1.16. The summed E-state index contributed by atoms with van der Waals surface area (Å²) < 4.78 is 41.2. The Labute approximate surface area is 213 Å². The summed E-state index contributed by atoms with van der Waals surface area (Å²) in [5.74, 6) is -0.0663. The number of piperazine rings is 1. The number of nitrogen functional groups attached to an aromatic ring is 1. The summed E-state index contributed by atoms with van der Waals surface area (Å²) >= 11 is 0. The van der Waals surface area contributed by atoms with Crippen LogP contribution in [0.4, 0.5) is 24.7 Å². The van der Waals surface area contributed by atoms with Gasteiger partial charge in [0.1, 0.15) is 5.82 Å². The summed E-state index contributed by atoms with van der Waals surface area (Å²) in [4.78, 5) is 18.6. The Hall–Kier alpha value is -3.76. The molecule has 0 unspecified atom stereocenters. The zero-order valence-electron chi connectivity index (χ0n) is 20.2. The normalized spacial score (nSPS) is 14.4. The summed E-state index contributed by atoms with van der Waals surface area (Å²) in [5.41, 5.74) is 8.51. The Kier molecular flexibility index (Phi) is 8.20. The second-order valence-electron chi connectivity index (χ2n) is 8.98. The van der Waals surface area contributed by atoms with Crippen LogP contribution in [0, 0.1) is 5.41 Å². The molecule has 2 aromatic carbocycles. The van der Waals surface area contributed by atoms with Gasteiger partial charge >= 0.3 is 6.18 Å². The Morgan fingerprint density at radius 1 is 1.11 bits per heavy atom. The number of aromatic nitrogens is 1. The predicted octanol–water partition coefficient (Wildman–Crippen LogP) is 4.32. The van der Waals surface area contributed by atoms with E-state index in [4.69, 9.17) is 11.1 Å². The fourth-order valence-corrected chi connectivity index (χ4v) is 4.28. The molecule has 0 spiro atoms. The highest BCUT2D eigenvalue weighted by atomic mass is 19.4. The fraction of sp³-hybridized carbons (Fsp3) is 0.296. The number of hydrogen-bond acceptors (Lipinski definition) is 6. The van der Waals surface area contributed by atoms with E-state index in [1.807, 2.05) is 29.2 Å². The molecule has 5 N–H and O–H groups in total. The highest BCUT2D eigenvalue weighted by Crippen LogP contribution is 2.34. The van der Waals surface area contributed by atoms with Crippen molar-refractivity contribution in [3.63, 3.8) is 0 Å². The number of nitrogens with one attached hydrogen (secondary N) is 3. The number of aryl methyl sites for hydroxylation is 1. The van der Waals surface area contributed by atoms with E-state index in [0.717, 1.165) is 42.1 Å². The van der Waals surface area contributed by atoms with Gasteiger partial charge in [0.25, 0.3) is 0 Å². The molecule has 3 aromatic rings. The lowest BCUT2D eigenvalue weighted by molar-refractivity contribution is -0.138.